The summed E-state index contributed by atoms with van der Waals surface area (Å²) in [5.74, 6) is 0.129. The molecule has 0 atom stereocenters. The highest BCUT2D eigenvalue weighted by atomic mass is 16.7. The van der Waals surface area contributed by atoms with Gasteiger partial charge in [-0.3, -0.25) is 14.5 Å². The third-order valence-corrected chi connectivity index (χ3v) is 4.06. The van der Waals surface area contributed by atoms with Crippen molar-refractivity contribution in [2.24, 2.45) is 0 Å². The Kier molecular flexibility index (Phi) is 3.28. The maximum Gasteiger partial charge on any atom is 0.249 e. The number of imidazole rings is 1. The number of hydroxylamine groups is 2. The molecule has 0 aromatic carbocycles. The molecule has 0 unspecified atom stereocenters. The van der Waals surface area contributed by atoms with E-state index in [1.54, 1.807) is 6.33 Å². The lowest BCUT2D eigenvalue weighted by Crippen LogP contribution is -2.44. The summed E-state index contributed by atoms with van der Waals surface area (Å²) < 4.78 is 0. The van der Waals surface area contributed by atoms with Crippen LogP contribution >= 0.6 is 0 Å². The Hall–Kier alpha value is -1.40. The summed E-state index contributed by atoms with van der Waals surface area (Å²) in [6.07, 6.45) is 5.95. The van der Waals surface area contributed by atoms with Gasteiger partial charge in [0.25, 0.3) is 0 Å². The number of likely N-dealkylation sites (tertiary alicyclic amines) is 1. The van der Waals surface area contributed by atoms with E-state index in [-0.39, 0.29) is 11.5 Å². The molecule has 19 heavy (non-hydrogen) atoms. The number of nitrogens with zero attached hydrogens (tertiary/aromatic N) is 3. The first-order valence-electron chi connectivity index (χ1n) is 6.90. The van der Waals surface area contributed by atoms with Gasteiger partial charge in [0.15, 0.2) is 0 Å². The van der Waals surface area contributed by atoms with E-state index in [9.17, 15) is 4.79 Å². The van der Waals surface area contributed by atoms with Crippen LogP contribution in [0.2, 0.25) is 0 Å². The van der Waals surface area contributed by atoms with Crippen LogP contribution in [-0.4, -0.2) is 51.1 Å². The lowest BCUT2D eigenvalue weighted by atomic mass is 9.88. The van der Waals surface area contributed by atoms with E-state index >= 15 is 0 Å². The molecule has 1 spiro atoms. The molecule has 0 bridgehead atoms. The third-order valence-electron chi connectivity index (χ3n) is 4.06. The second-order valence-corrected chi connectivity index (χ2v) is 5.39. The number of aromatic amines is 1. The van der Waals surface area contributed by atoms with E-state index < -0.39 is 0 Å². The Morgan fingerprint density at radius 3 is 2.84 bits per heavy atom. The molecule has 3 rings (SSSR count). The lowest BCUT2D eigenvalue weighted by molar-refractivity contribution is -0.208. The predicted molar refractivity (Wildman–Crippen MR) is 68.9 cm³/mol. The van der Waals surface area contributed by atoms with Crippen LogP contribution < -0.4 is 0 Å². The highest BCUT2D eigenvalue weighted by molar-refractivity contribution is 5.78. The van der Waals surface area contributed by atoms with Crippen LogP contribution in [-0.2, 0) is 16.2 Å². The van der Waals surface area contributed by atoms with Crippen molar-refractivity contribution >= 4 is 5.91 Å². The second-order valence-electron chi connectivity index (χ2n) is 5.39. The number of piperidine rings is 1. The molecule has 104 valence electrons. The van der Waals surface area contributed by atoms with Crippen molar-refractivity contribution < 1.29 is 9.63 Å². The molecule has 1 aromatic heterocycles. The van der Waals surface area contributed by atoms with Gasteiger partial charge in [-0.1, -0.05) is 0 Å². The van der Waals surface area contributed by atoms with E-state index in [0.29, 0.717) is 13.0 Å². The number of carbonyl (C=O) groups is 1. The molecule has 1 N–H and O–H groups in total. The fourth-order valence-corrected chi connectivity index (χ4v) is 2.92. The van der Waals surface area contributed by atoms with E-state index in [0.717, 1.165) is 38.2 Å². The van der Waals surface area contributed by atoms with Crippen molar-refractivity contribution in [3.63, 3.8) is 0 Å². The van der Waals surface area contributed by atoms with Crippen LogP contribution in [0.25, 0.3) is 0 Å². The van der Waals surface area contributed by atoms with Crippen molar-refractivity contribution in [2.75, 3.05) is 19.6 Å². The minimum Gasteiger partial charge on any atom is -0.347 e. The average Bonchev–Trinajstić information content (AvgIpc) is 3.01. The molecule has 6 nitrogen and oxygen atoms in total. The topological polar surface area (TPSA) is 61.5 Å². The number of aromatic nitrogens is 2. The third kappa shape index (κ3) is 2.50. The summed E-state index contributed by atoms with van der Waals surface area (Å²) in [7, 11) is 0. The predicted octanol–water partition coefficient (Wildman–Crippen LogP) is 0.928. The number of amides is 1. The van der Waals surface area contributed by atoms with E-state index in [2.05, 4.69) is 14.9 Å². The molecule has 6 heteroatoms. The van der Waals surface area contributed by atoms with E-state index in [1.807, 2.05) is 13.1 Å². The molecule has 2 aliphatic rings. The largest absolute Gasteiger partial charge is 0.347 e. The van der Waals surface area contributed by atoms with Crippen molar-refractivity contribution in [2.45, 2.75) is 38.3 Å². The molecule has 0 aliphatic carbocycles. The molecule has 1 aromatic rings. The minimum atomic E-state index is -0.239. The van der Waals surface area contributed by atoms with Crippen molar-refractivity contribution in [3.05, 3.63) is 18.2 Å². The first kappa shape index (κ1) is 12.6. The Morgan fingerprint density at radius 2 is 2.26 bits per heavy atom. The summed E-state index contributed by atoms with van der Waals surface area (Å²) in [5.41, 5.74) is 0.895. The number of nitrogens with one attached hydrogen (secondary N) is 1. The van der Waals surface area contributed by atoms with Gasteiger partial charge in [-0.05, 0) is 19.8 Å². The maximum absolute atomic E-state index is 11.8. The first-order chi connectivity index (χ1) is 9.21. The van der Waals surface area contributed by atoms with Crippen LogP contribution in [0.3, 0.4) is 0 Å². The van der Waals surface area contributed by atoms with Gasteiger partial charge in [0.05, 0.1) is 12.7 Å². The number of rotatable bonds is 3. The van der Waals surface area contributed by atoms with Crippen LogP contribution in [0.5, 0.6) is 0 Å². The quantitative estimate of drug-likeness (QED) is 0.882. The maximum atomic E-state index is 11.8. The summed E-state index contributed by atoms with van der Waals surface area (Å²) in [6.45, 7) is 5.40. The fourth-order valence-electron chi connectivity index (χ4n) is 2.92. The number of H-pyrrole nitrogens is 1. The van der Waals surface area contributed by atoms with Crippen molar-refractivity contribution in [3.8, 4) is 0 Å². The van der Waals surface area contributed by atoms with Crippen LogP contribution in [0.4, 0.5) is 0 Å². The summed E-state index contributed by atoms with van der Waals surface area (Å²) in [4.78, 5) is 27.2. The van der Waals surface area contributed by atoms with Gasteiger partial charge in [-0.25, -0.2) is 10.0 Å². The van der Waals surface area contributed by atoms with Crippen LogP contribution in [0.15, 0.2) is 12.5 Å². The molecule has 0 radical (unpaired) electrons. The van der Waals surface area contributed by atoms with Gasteiger partial charge in [0, 0.05) is 38.1 Å². The van der Waals surface area contributed by atoms with Crippen molar-refractivity contribution in [1.82, 2.24) is 19.9 Å². The monoisotopic (exact) mass is 264 g/mol. The Labute approximate surface area is 112 Å². The zero-order valence-electron chi connectivity index (χ0n) is 11.3. The molecule has 1 amide bonds. The molecule has 3 heterocycles. The molecule has 0 saturated carbocycles. The van der Waals surface area contributed by atoms with Gasteiger partial charge in [-0.15, -0.1) is 0 Å². The summed E-state index contributed by atoms with van der Waals surface area (Å²) in [5, 5.41) is 1.52. The molecule has 2 aliphatic heterocycles. The Bertz CT molecular complexity index is 438. The average molecular weight is 264 g/mol. The molecular formula is C13H20N4O2. The van der Waals surface area contributed by atoms with Gasteiger partial charge >= 0.3 is 0 Å². The minimum absolute atomic E-state index is 0.129. The Balaban J connectivity index is 1.56. The fraction of sp³-hybridized carbons (Fsp3) is 0.692. The molecular weight excluding hydrogens is 244 g/mol. The van der Waals surface area contributed by atoms with Gasteiger partial charge in [0.2, 0.25) is 5.91 Å². The number of hydrogen-bond acceptors (Lipinski definition) is 4. The Morgan fingerprint density at radius 1 is 1.47 bits per heavy atom. The second kappa shape index (κ2) is 4.94. The van der Waals surface area contributed by atoms with Crippen LogP contribution in [0.1, 0.15) is 31.9 Å². The zero-order chi connectivity index (χ0) is 13.3. The highest BCUT2D eigenvalue weighted by Crippen LogP contribution is 2.36. The molecule has 2 fully saturated rings. The SMILES string of the molecule is CCN1OC2(CCN(Cc3cnc[nH]3)CC2)CC1=O. The van der Waals surface area contributed by atoms with Gasteiger partial charge < -0.3 is 4.98 Å². The molecule has 2 saturated heterocycles. The van der Waals surface area contributed by atoms with Gasteiger partial charge in [-0.2, -0.15) is 0 Å². The zero-order valence-corrected chi connectivity index (χ0v) is 11.3. The normalized spacial score (nSPS) is 23.4. The van der Waals surface area contributed by atoms with Gasteiger partial charge in [0.1, 0.15) is 5.60 Å². The summed E-state index contributed by atoms with van der Waals surface area (Å²) >= 11 is 0. The lowest BCUT2D eigenvalue weighted by Gasteiger charge is -2.37. The number of carbonyl (C=O) groups excluding carboxylic acids is 1. The number of hydrogen-bond donors (Lipinski definition) is 1. The van der Waals surface area contributed by atoms with E-state index in [1.165, 1.54) is 5.06 Å². The summed E-state index contributed by atoms with van der Waals surface area (Å²) in [6, 6.07) is 0. The first-order valence-corrected chi connectivity index (χ1v) is 6.90. The highest BCUT2D eigenvalue weighted by Gasteiger charge is 2.46. The van der Waals surface area contributed by atoms with Crippen molar-refractivity contribution in [1.29, 1.82) is 0 Å². The smallest absolute Gasteiger partial charge is 0.249 e. The van der Waals surface area contributed by atoms with E-state index in [4.69, 9.17) is 4.84 Å². The van der Waals surface area contributed by atoms with Crippen LogP contribution in [0, 0.1) is 0 Å². The standard InChI is InChI=1S/C13H20N4O2/c1-2-17-12(18)7-13(19-17)3-5-16(6-4-13)9-11-8-14-10-15-11/h8,10H,2-7,9H2,1H3,(H,14,15).